The monoisotopic (exact) mass is 371 g/mol. The molecule has 3 aromatic rings. The number of rotatable bonds is 5. The quantitative estimate of drug-likeness (QED) is 0.720. The van der Waals surface area contributed by atoms with Crippen LogP contribution in [0, 0.1) is 5.92 Å². The van der Waals surface area contributed by atoms with Crippen molar-refractivity contribution in [1.82, 2.24) is 19.9 Å². The minimum Gasteiger partial charge on any atom is -0.356 e. The summed E-state index contributed by atoms with van der Waals surface area (Å²) in [4.78, 5) is 20.8. The average molecular weight is 372 g/mol. The van der Waals surface area contributed by atoms with Crippen LogP contribution in [0.15, 0.2) is 17.6 Å². The number of amides is 1. The van der Waals surface area contributed by atoms with Gasteiger partial charge in [-0.15, -0.1) is 11.3 Å². The van der Waals surface area contributed by atoms with Gasteiger partial charge in [0.05, 0.1) is 28.5 Å². The van der Waals surface area contributed by atoms with Crippen molar-refractivity contribution in [2.24, 2.45) is 11.7 Å². The van der Waals surface area contributed by atoms with E-state index in [2.05, 4.69) is 26.3 Å². The van der Waals surface area contributed by atoms with Gasteiger partial charge in [0.1, 0.15) is 11.3 Å². The fourth-order valence-electron chi connectivity index (χ4n) is 4.05. The van der Waals surface area contributed by atoms with E-state index in [4.69, 9.17) is 10.7 Å². The first-order chi connectivity index (χ1) is 12.7. The van der Waals surface area contributed by atoms with Gasteiger partial charge in [0, 0.05) is 19.0 Å². The van der Waals surface area contributed by atoms with Crippen molar-refractivity contribution in [3.8, 4) is 0 Å². The largest absolute Gasteiger partial charge is 0.356 e. The van der Waals surface area contributed by atoms with E-state index < -0.39 is 0 Å². The fraction of sp³-hybridized carbons (Fsp3) is 0.526. The molecule has 1 saturated carbocycles. The highest BCUT2D eigenvalue weighted by atomic mass is 32.1. The van der Waals surface area contributed by atoms with Crippen molar-refractivity contribution >= 4 is 38.5 Å². The predicted molar refractivity (Wildman–Crippen MR) is 105 cm³/mol. The van der Waals surface area contributed by atoms with Crippen molar-refractivity contribution < 1.29 is 4.79 Å². The van der Waals surface area contributed by atoms with Crippen LogP contribution in [0.5, 0.6) is 0 Å². The predicted octanol–water partition coefficient (Wildman–Crippen LogP) is 3.36. The Labute approximate surface area is 156 Å². The summed E-state index contributed by atoms with van der Waals surface area (Å²) in [6.45, 7) is 3.13. The van der Waals surface area contributed by atoms with E-state index in [1.165, 1.54) is 10.2 Å². The van der Waals surface area contributed by atoms with Gasteiger partial charge in [-0.25, -0.2) is 4.98 Å². The molecule has 26 heavy (non-hydrogen) atoms. The third-order valence-electron chi connectivity index (χ3n) is 5.47. The Morgan fingerprint density at radius 3 is 2.88 bits per heavy atom. The van der Waals surface area contributed by atoms with Crippen molar-refractivity contribution in [3.63, 3.8) is 0 Å². The number of imidazole rings is 1. The zero-order valence-electron chi connectivity index (χ0n) is 15.1. The Kier molecular flexibility index (Phi) is 4.91. The second-order valence-electron chi connectivity index (χ2n) is 7.06. The zero-order valence-corrected chi connectivity index (χ0v) is 15.9. The first-order valence-corrected chi connectivity index (χ1v) is 10.3. The summed E-state index contributed by atoms with van der Waals surface area (Å²) in [5, 5.41) is 5.13. The maximum Gasteiger partial charge on any atom is 0.219 e. The van der Waals surface area contributed by atoms with Gasteiger partial charge in [-0.1, -0.05) is 6.92 Å². The molecule has 0 aliphatic heterocycles. The molecule has 0 unspecified atom stereocenters. The third kappa shape index (κ3) is 3.10. The lowest BCUT2D eigenvalue weighted by Crippen LogP contribution is -2.31. The molecule has 4 rings (SSSR count). The minimum atomic E-state index is 0.144. The molecular formula is C19H25N5OS. The van der Waals surface area contributed by atoms with Crippen LogP contribution in [0.4, 0.5) is 0 Å². The van der Waals surface area contributed by atoms with Crippen LogP contribution < -0.4 is 11.1 Å². The molecule has 0 bridgehead atoms. The van der Waals surface area contributed by atoms with Crippen molar-refractivity contribution in [1.29, 1.82) is 0 Å². The van der Waals surface area contributed by atoms with Crippen LogP contribution in [0.3, 0.4) is 0 Å². The standard InChI is InChI=1S/C19H25N5OS/c1-2-17(25)22-10-12-3-5-13(6-4-12)24-16(9-20)23-15-11-21-14-7-8-26-19(14)18(15)24/h7-8,11-13H,2-6,9-10,20H2,1H3,(H,22,25). The number of nitrogens with zero attached hydrogens (tertiary/aromatic N) is 3. The molecule has 3 N–H and O–H groups in total. The van der Waals surface area contributed by atoms with Gasteiger partial charge in [0.25, 0.3) is 0 Å². The Morgan fingerprint density at radius 1 is 1.35 bits per heavy atom. The number of nitrogens with one attached hydrogen (secondary N) is 1. The smallest absolute Gasteiger partial charge is 0.219 e. The molecule has 6 nitrogen and oxygen atoms in total. The van der Waals surface area contributed by atoms with E-state index in [0.29, 0.717) is 24.9 Å². The summed E-state index contributed by atoms with van der Waals surface area (Å²) in [6, 6.07) is 2.48. The summed E-state index contributed by atoms with van der Waals surface area (Å²) in [7, 11) is 0. The highest BCUT2D eigenvalue weighted by molar-refractivity contribution is 7.18. The number of carbonyl (C=O) groups is 1. The van der Waals surface area contributed by atoms with E-state index >= 15 is 0 Å². The van der Waals surface area contributed by atoms with Crippen molar-refractivity contribution in [2.45, 2.75) is 51.6 Å². The zero-order chi connectivity index (χ0) is 18.1. The van der Waals surface area contributed by atoms with E-state index in [-0.39, 0.29) is 5.91 Å². The fourth-order valence-corrected chi connectivity index (χ4v) is 4.94. The number of hydrogen-bond acceptors (Lipinski definition) is 5. The van der Waals surface area contributed by atoms with E-state index in [1.807, 2.05) is 13.1 Å². The van der Waals surface area contributed by atoms with Gasteiger partial charge >= 0.3 is 0 Å². The molecule has 0 radical (unpaired) electrons. The van der Waals surface area contributed by atoms with Crippen molar-refractivity contribution in [2.75, 3.05) is 6.54 Å². The molecule has 1 fully saturated rings. The van der Waals surface area contributed by atoms with Gasteiger partial charge in [0.15, 0.2) is 0 Å². The lowest BCUT2D eigenvalue weighted by atomic mass is 9.85. The number of carbonyl (C=O) groups excluding carboxylic acids is 1. The number of fused-ring (bicyclic) bond motifs is 3. The molecule has 1 amide bonds. The van der Waals surface area contributed by atoms with Crippen LogP contribution >= 0.6 is 11.3 Å². The van der Waals surface area contributed by atoms with E-state index in [9.17, 15) is 4.79 Å². The number of pyridine rings is 1. The molecule has 3 heterocycles. The van der Waals surface area contributed by atoms with E-state index in [1.54, 1.807) is 11.3 Å². The first kappa shape index (κ1) is 17.4. The van der Waals surface area contributed by atoms with Crippen molar-refractivity contribution in [3.05, 3.63) is 23.5 Å². The molecule has 0 atom stereocenters. The minimum absolute atomic E-state index is 0.144. The highest BCUT2D eigenvalue weighted by Crippen LogP contribution is 2.37. The molecule has 3 aromatic heterocycles. The lowest BCUT2D eigenvalue weighted by Gasteiger charge is -2.31. The van der Waals surface area contributed by atoms with E-state index in [0.717, 1.165) is 49.1 Å². The number of hydrogen-bond donors (Lipinski definition) is 2. The van der Waals surface area contributed by atoms with Gasteiger partial charge in [-0.2, -0.15) is 0 Å². The molecule has 138 valence electrons. The second-order valence-corrected chi connectivity index (χ2v) is 7.98. The van der Waals surface area contributed by atoms with Crippen LogP contribution in [-0.2, 0) is 11.3 Å². The summed E-state index contributed by atoms with van der Waals surface area (Å²) >= 11 is 1.72. The summed E-state index contributed by atoms with van der Waals surface area (Å²) < 4.78 is 3.57. The maximum atomic E-state index is 11.5. The summed E-state index contributed by atoms with van der Waals surface area (Å²) in [5.41, 5.74) is 9.18. The Balaban J connectivity index is 1.59. The van der Waals surface area contributed by atoms with Crippen LogP contribution in [-0.4, -0.2) is 27.0 Å². The Morgan fingerprint density at radius 2 is 2.15 bits per heavy atom. The molecule has 7 heteroatoms. The molecule has 1 aliphatic rings. The first-order valence-electron chi connectivity index (χ1n) is 9.41. The lowest BCUT2D eigenvalue weighted by molar-refractivity contribution is -0.121. The molecular weight excluding hydrogens is 346 g/mol. The third-order valence-corrected chi connectivity index (χ3v) is 6.38. The number of nitrogens with two attached hydrogens (primary N) is 1. The van der Waals surface area contributed by atoms with Crippen LogP contribution in [0.1, 0.15) is 50.9 Å². The Hall–Kier alpha value is -1.99. The number of aromatic nitrogens is 3. The van der Waals surface area contributed by atoms with Gasteiger partial charge in [-0.05, 0) is 43.0 Å². The van der Waals surface area contributed by atoms with Gasteiger partial charge < -0.3 is 15.6 Å². The van der Waals surface area contributed by atoms with Gasteiger partial charge in [0.2, 0.25) is 5.91 Å². The molecule has 0 aromatic carbocycles. The topological polar surface area (TPSA) is 85.8 Å². The number of thiophene rings is 1. The highest BCUT2D eigenvalue weighted by Gasteiger charge is 2.26. The average Bonchev–Trinajstić information content (AvgIpc) is 3.29. The maximum absolute atomic E-state index is 11.5. The summed E-state index contributed by atoms with van der Waals surface area (Å²) in [6.07, 6.45) is 6.86. The summed E-state index contributed by atoms with van der Waals surface area (Å²) in [5.74, 6) is 1.66. The molecule has 1 aliphatic carbocycles. The normalized spacial score (nSPS) is 20.7. The van der Waals surface area contributed by atoms with Crippen LogP contribution in [0.2, 0.25) is 0 Å². The molecule has 0 spiro atoms. The Bertz CT molecular complexity index is 923. The molecule has 0 saturated heterocycles. The second kappa shape index (κ2) is 7.32. The SMILES string of the molecule is CCC(=O)NCC1CCC(n2c(CN)nc3cnc4ccsc4c32)CC1. The van der Waals surface area contributed by atoms with Crippen LogP contribution in [0.25, 0.3) is 21.3 Å². The van der Waals surface area contributed by atoms with Gasteiger partial charge in [-0.3, -0.25) is 9.78 Å².